The van der Waals surface area contributed by atoms with Crippen LogP contribution in [0.2, 0.25) is 0 Å². The van der Waals surface area contributed by atoms with Crippen LogP contribution in [0.4, 0.5) is 10.5 Å². The predicted octanol–water partition coefficient (Wildman–Crippen LogP) is 1.64. The van der Waals surface area contributed by atoms with Gasteiger partial charge in [0.25, 0.3) is 5.56 Å². The van der Waals surface area contributed by atoms with E-state index in [1.54, 1.807) is 19.1 Å². The normalized spacial score (nSPS) is 10.9. The van der Waals surface area contributed by atoms with Crippen LogP contribution in [0.25, 0.3) is 5.69 Å². The zero-order chi connectivity index (χ0) is 13.1. The Morgan fingerprint density at radius 3 is 2.61 bits per heavy atom. The lowest BCUT2D eigenvalue weighted by atomic mass is 10.3. The molecule has 7 nitrogen and oxygen atoms in total. The Labute approximate surface area is 102 Å². The summed E-state index contributed by atoms with van der Waals surface area (Å²) in [7, 11) is 0. The number of amides is 2. The molecule has 0 radical (unpaired) electrons. The zero-order valence-corrected chi connectivity index (χ0v) is 9.62. The van der Waals surface area contributed by atoms with Crippen LogP contribution in [-0.2, 0) is 0 Å². The van der Waals surface area contributed by atoms with Gasteiger partial charge in [-0.05, 0) is 19.1 Å². The molecule has 0 fully saturated rings. The molecule has 0 aliphatic rings. The molecule has 1 aromatic heterocycles. The Morgan fingerprint density at radius 1 is 1.33 bits per heavy atom. The van der Waals surface area contributed by atoms with Crippen molar-refractivity contribution >= 4 is 11.7 Å². The number of hydrogen-bond donors (Lipinski definition) is 2. The van der Waals surface area contributed by atoms with Gasteiger partial charge < -0.3 is 5.73 Å². The van der Waals surface area contributed by atoms with Crippen molar-refractivity contribution in [2.24, 2.45) is 16.0 Å². The van der Waals surface area contributed by atoms with Crippen molar-refractivity contribution in [3.8, 4) is 5.69 Å². The number of carbonyl (C=O) groups is 1. The molecule has 0 atom stereocenters. The highest BCUT2D eigenvalue weighted by molar-refractivity contribution is 5.72. The van der Waals surface area contributed by atoms with Crippen LogP contribution in [-0.4, -0.2) is 15.8 Å². The number of aryl methyl sites for hydroxylation is 1. The summed E-state index contributed by atoms with van der Waals surface area (Å²) in [5.41, 5.74) is 5.70. The SMILES string of the molecule is Cc1[nH]n(-c2ccccc2)c(=O)c1N=NC(N)=O. The number of azo groups is 1. The van der Waals surface area contributed by atoms with Crippen LogP contribution in [0, 0.1) is 6.92 Å². The molecule has 0 spiro atoms. The summed E-state index contributed by atoms with van der Waals surface area (Å²) in [6.45, 7) is 1.66. The molecule has 92 valence electrons. The van der Waals surface area contributed by atoms with Crippen molar-refractivity contribution in [1.82, 2.24) is 9.78 Å². The van der Waals surface area contributed by atoms with Crippen molar-refractivity contribution in [3.63, 3.8) is 0 Å². The van der Waals surface area contributed by atoms with E-state index < -0.39 is 6.03 Å². The smallest absolute Gasteiger partial charge is 0.348 e. The Hall–Kier alpha value is -2.70. The first-order valence-electron chi connectivity index (χ1n) is 5.18. The molecule has 0 aliphatic heterocycles. The monoisotopic (exact) mass is 245 g/mol. The number of nitrogens with zero attached hydrogens (tertiary/aromatic N) is 3. The molecule has 0 saturated heterocycles. The number of aromatic amines is 1. The van der Waals surface area contributed by atoms with Crippen LogP contribution in [0.5, 0.6) is 0 Å². The Kier molecular flexibility index (Phi) is 3.05. The van der Waals surface area contributed by atoms with Gasteiger partial charge in [0.1, 0.15) is 0 Å². The highest BCUT2D eigenvalue weighted by atomic mass is 16.2. The van der Waals surface area contributed by atoms with E-state index in [1.165, 1.54) is 4.68 Å². The molecule has 0 saturated carbocycles. The number of benzene rings is 1. The number of nitrogens with two attached hydrogens (primary N) is 1. The van der Waals surface area contributed by atoms with Gasteiger partial charge in [-0.2, -0.15) is 0 Å². The van der Waals surface area contributed by atoms with Crippen molar-refractivity contribution in [2.45, 2.75) is 6.92 Å². The Morgan fingerprint density at radius 2 is 2.00 bits per heavy atom. The predicted molar refractivity (Wildman–Crippen MR) is 65.2 cm³/mol. The van der Waals surface area contributed by atoms with Crippen molar-refractivity contribution in [3.05, 3.63) is 46.4 Å². The molecule has 0 aliphatic carbocycles. The second-order valence-corrected chi connectivity index (χ2v) is 3.60. The average Bonchev–Trinajstić information content (AvgIpc) is 2.63. The maximum absolute atomic E-state index is 12.0. The maximum atomic E-state index is 12.0. The summed E-state index contributed by atoms with van der Waals surface area (Å²) in [5, 5.41) is 9.54. The fourth-order valence-electron chi connectivity index (χ4n) is 1.51. The number of rotatable bonds is 2. The van der Waals surface area contributed by atoms with Gasteiger partial charge in [0.2, 0.25) is 0 Å². The average molecular weight is 245 g/mol. The first kappa shape index (κ1) is 11.8. The number of para-hydroxylation sites is 1. The van der Waals surface area contributed by atoms with E-state index in [4.69, 9.17) is 5.73 Å². The van der Waals surface area contributed by atoms with Crippen LogP contribution < -0.4 is 11.3 Å². The number of aromatic nitrogens is 2. The lowest BCUT2D eigenvalue weighted by Crippen LogP contribution is -2.14. The minimum atomic E-state index is -0.943. The van der Waals surface area contributed by atoms with E-state index in [2.05, 4.69) is 15.3 Å². The number of H-pyrrole nitrogens is 1. The maximum Gasteiger partial charge on any atom is 0.356 e. The van der Waals surface area contributed by atoms with Crippen LogP contribution in [0.15, 0.2) is 45.4 Å². The highest BCUT2D eigenvalue weighted by Crippen LogP contribution is 2.13. The number of primary amides is 1. The highest BCUT2D eigenvalue weighted by Gasteiger charge is 2.11. The van der Waals surface area contributed by atoms with E-state index in [0.717, 1.165) is 0 Å². The number of carbonyl (C=O) groups excluding carboxylic acids is 1. The number of urea groups is 1. The lowest BCUT2D eigenvalue weighted by Gasteiger charge is -1.99. The topological polar surface area (TPSA) is 106 Å². The summed E-state index contributed by atoms with van der Waals surface area (Å²) in [5.74, 6) is 0. The molecule has 1 heterocycles. The molecule has 2 amide bonds. The van der Waals surface area contributed by atoms with Gasteiger partial charge in [-0.3, -0.25) is 9.89 Å². The van der Waals surface area contributed by atoms with Gasteiger partial charge in [-0.1, -0.05) is 23.3 Å². The van der Waals surface area contributed by atoms with Crippen molar-refractivity contribution < 1.29 is 4.79 Å². The first-order valence-corrected chi connectivity index (χ1v) is 5.18. The van der Waals surface area contributed by atoms with E-state index >= 15 is 0 Å². The zero-order valence-electron chi connectivity index (χ0n) is 9.62. The van der Waals surface area contributed by atoms with E-state index in [0.29, 0.717) is 11.4 Å². The number of nitrogens with one attached hydrogen (secondary N) is 1. The van der Waals surface area contributed by atoms with Gasteiger partial charge in [-0.25, -0.2) is 9.48 Å². The van der Waals surface area contributed by atoms with Crippen LogP contribution >= 0.6 is 0 Å². The van der Waals surface area contributed by atoms with Gasteiger partial charge in [0.15, 0.2) is 5.69 Å². The molecular formula is C11H11N5O2. The number of hydrogen-bond acceptors (Lipinski definition) is 3. The van der Waals surface area contributed by atoms with E-state index in [-0.39, 0.29) is 11.2 Å². The lowest BCUT2D eigenvalue weighted by molar-refractivity contribution is 0.255. The van der Waals surface area contributed by atoms with E-state index in [9.17, 15) is 9.59 Å². The van der Waals surface area contributed by atoms with Gasteiger partial charge in [0.05, 0.1) is 11.4 Å². The molecular weight excluding hydrogens is 234 g/mol. The second-order valence-electron chi connectivity index (χ2n) is 3.60. The standard InChI is InChI=1S/C11H11N5O2/c1-7-9(13-14-11(12)18)10(17)16(15-7)8-5-3-2-4-6-8/h2-6,15H,1H3,(H2,12,18). The van der Waals surface area contributed by atoms with E-state index in [1.807, 2.05) is 18.2 Å². The molecule has 18 heavy (non-hydrogen) atoms. The Balaban J connectivity index is 2.51. The third kappa shape index (κ3) is 2.19. The van der Waals surface area contributed by atoms with Gasteiger partial charge in [-0.15, -0.1) is 5.11 Å². The van der Waals surface area contributed by atoms with Crippen LogP contribution in [0.1, 0.15) is 5.69 Å². The second kappa shape index (κ2) is 4.66. The third-order valence-corrected chi connectivity index (χ3v) is 2.30. The molecule has 2 aromatic rings. The van der Waals surface area contributed by atoms with Crippen LogP contribution in [0.3, 0.4) is 0 Å². The molecule has 0 bridgehead atoms. The van der Waals surface area contributed by atoms with Crippen molar-refractivity contribution in [2.75, 3.05) is 0 Å². The molecule has 1 aromatic carbocycles. The Bertz CT molecular complexity index is 654. The molecule has 7 heteroatoms. The summed E-state index contributed by atoms with van der Waals surface area (Å²) < 4.78 is 1.32. The van der Waals surface area contributed by atoms with Crippen molar-refractivity contribution in [1.29, 1.82) is 0 Å². The largest absolute Gasteiger partial charge is 0.356 e. The molecule has 0 unspecified atom stereocenters. The quantitative estimate of drug-likeness (QED) is 0.785. The third-order valence-electron chi connectivity index (χ3n) is 2.30. The minimum Gasteiger partial charge on any atom is -0.348 e. The summed E-state index contributed by atoms with van der Waals surface area (Å²) in [4.78, 5) is 22.5. The molecule has 3 N–H and O–H groups in total. The van der Waals surface area contributed by atoms with Gasteiger partial charge >= 0.3 is 6.03 Å². The summed E-state index contributed by atoms with van der Waals surface area (Å²) >= 11 is 0. The fourth-order valence-corrected chi connectivity index (χ4v) is 1.51. The minimum absolute atomic E-state index is 0.0673. The van der Waals surface area contributed by atoms with Gasteiger partial charge in [0, 0.05) is 0 Å². The summed E-state index contributed by atoms with van der Waals surface area (Å²) in [6, 6.07) is 8.06. The molecule has 2 rings (SSSR count). The first-order chi connectivity index (χ1) is 8.59. The fraction of sp³-hybridized carbons (Fsp3) is 0.0909. The summed E-state index contributed by atoms with van der Waals surface area (Å²) in [6.07, 6.45) is 0.